The Kier molecular flexibility index (Phi) is 8.95. The predicted molar refractivity (Wildman–Crippen MR) is 97.0 cm³/mol. The molecule has 23 heavy (non-hydrogen) atoms. The molecule has 0 radical (unpaired) electrons. The van der Waals surface area contributed by atoms with Crippen LogP contribution in [0.5, 0.6) is 0 Å². The summed E-state index contributed by atoms with van der Waals surface area (Å²) >= 11 is 5.79. The Balaban J connectivity index is 2.56. The van der Waals surface area contributed by atoms with E-state index in [9.17, 15) is 5.11 Å². The van der Waals surface area contributed by atoms with Crippen molar-refractivity contribution < 1.29 is 5.11 Å². The van der Waals surface area contributed by atoms with E-state index in [4.69, 9.17) is 11.6 Å². The Morgan fingerprint density at radius 2 is 2.00 bits per heavy atom. The van der Waals surface area contributed by atoms with Crippen molar-refractivity contribution in [3.05, 3.63) is 29.0 Å². The molecule has 0 amide bonds. The van der Waals surface area contributed by atoms with Crippen molar-refractivity contribution >= 4 is 17.6 Å². The first-order valence-corrected chi connectivity index (χ1v) is 8.70. The van der Waals surface area contributed by atoms with Crippen LogP contribution in [0.3, 0.4) is 0 Å². The number of aromatic nitrogens is 1. The fourth-order valence-corrected chi connectivity index (χ4v) is 2.33. The Bertz CT molecular complexity index is 464. The molecule has 0 aliphatic rings. The summed E-state index contributed by atoms with van der Waals surface area (Å²) in [5.74, 6) is 0.786. The Morgan fingerprint density at radius 3 is 2.52 bits per heavy atom. The van der Waals surface area contributed by atoms with E-state index >= 15 is 0 Å². The average molecular weight is 341 g/mol. The highest BCUT2D eigenvalue weighted by molar-refractivity contribution is 6.29. The van der Waals surface area contributed by atoms with Crippen molar-refractivity contribution in [3.8, 4) is 0 Å². The Hall–Kier alpha value is -1.33. The summed E-state index contributed by atoms with van der Waals surface area (Å²) in [6.07, 6.45) is 4.47. The molecule has 130 valence electrons. The number of nitrogens with zero attached hydrogens (tertiary/aromatic N) is 2. The first kappa shape index (κ1) is 19.7. The molecule has 1 aromatic rings. The van der Waals surface area contributed by atoms with Gasteiger partial charge >= 0.3 is 0 Å². The molecule has 0 bridgehead atoms. The molecular weight excluding hydrogens is 312 g/mol. The second-order valence-electron chi connectivity index (χ2n) is 5.73. The van der Waals surface area contributed by atoms with Gasteiger partial charge in [-0.15, -0.1) is 0 Å². The maximum Gasteiger partial charge on any atom is 0.191 e. The molecule has 0 aliphatic carbocycles. The highest BCUT2D eigenvalue weighted by Crippen LogP contribution is 2.25. The van der Waals surface area contributed by atoms with Crippen LogP contribution in [-0.4, -0.2) is 42.3 Å². The highest BCUT2D eigenvalue weighted by Gasteiger charge is 2.24. The molecule has 1 heterocycles. The van der Waals surface area contributed by atoms with Crippen LogP contribution in [0.15, 0.2) is 23.3 Å². The molecule has 1 aromatic heterocycles. The van der Waals surface area contributed by atoms with Gasteiger partial charge in [-0.3, -0.25) is 4.99 Å². The molecule has 0 saturated heterocycles. The molecule has 1 rings (SSSR count). The van der Waals surface area contributed by atoms with Crippen molar-refractivity contribution in [1.82, 2.24) is 15.6 Å². The van der Waals surface area contributed by atoms with E-state index in [0.29, 0.717) is 11.7 Å². The lowest BCUT2D eigenvalue weighted by atomic mass is 9.83. The maximum absolute atomic E-state index is 9.64. The third kappa shape index (κ3) is 6.75. The standard InChI is InChI=1S/C17H29ClN4O/c1-4-17(5-2,13-23)12-22-16(19-6-3)20-10-9-14-7-8-15(18)21-11-14/h7-8,11,23H,4-6,9-10,12-13H2,1-3H3,(H2,19,20,22). The quantitative estimate of drug-likeness (QED) is 0.367. The molecule has 0 aromatic carbocycles. The number of pyridine rings is 1. The van der Waals surface area contributed by atoms with Gasteiger partial charge in [-0.05, 0) is 37.8 Å². The van der Waals surface area contributed by atoms with E-state index in [0.717, 1.165) is 43.9 Å². The number of hydrogen-bond donors (Lipinski definition) is 3. The van der Waals surface area contributed by atoms with E-state index in [-0.39, 0.29) is 12.0 Å². The van der Waals surface area contributed by atoms with E-state index < -0.39 is 0 Å². The summed E-state index contributed by atoms with van der Waals surface area (Å²) in [6.45, 7) is 8.59. The number of hydrogen-bond acceptors (Lipinski definition) is 3. The Morgan fingerprint density at radius 1 is 1.26 bits per heavy atom. The van der Waals surface area contributed by atoms with Gasteiger partial charge in [0.15, 0.2) is 5.96 Å². The topological polar surface area (TPSA) is 69.5 Å². The number of aliphatic hydroxyl groups excluding tert-OH is 1. The minimum absolute atomic E-state index is 0.123. The molecule has 0 saturated carbocycles. The molecule has 0 unspecified atom stereocenters. The van der Waals surface area contributed by atoms with Crippen LogP contribution in [0, 0.1) is 5.41 Å². The number of aliphatic imine (C=N–C) groups is 1. The van der Waals surface area contributed by atoms with Gasteiger partial charge in [0, 0.05) is 24.7 Å². The van der Waals surface area contributed by atoms with Crippen molar-refractivity contribution in [2.45, 2.75) is 40.0 Å². The largest absolute Gasteiger partial charge is 0.396 e. The summed E-state index contributed by atoms with van der Waals surface area (Å²) in [4.78, 5) is 8.72. The van der Waals surface area contributed by atoms with Crippen LogP contribution < -0.4 is 10.6 Å². The van der Waals surface area contributed by atoms with Crippen molar-refractivity contribution in [3.63, 3.8) is 0 Å². The molecule has 3 N–H and O–H groups in total. The van der Waals surface area contributed by atoms with Crippen LogP contribution in [0.25, 0.3) is 0 Å². The number of aliphatic hydroxyl groups is 1. The second-order valence-corrected chi connectivity index (χ2v) is 6.11. The van der Waals surface area contributed by atoms with E-state index in [1.165, 1.54) is 0 Å². The van der Waals surface area contributed by atoms with Gasteiger partial charge in [-0.1, -0.05) is 31.5 Å². The molecular formula is C17H29ClN4O. The fraction of sp³-hybridized carbons (Fsp3) is 0.647. The Labute approximate surface area is 144 Å². The minimum atomic E-state index is -0.123. The fourth-order valence-electron chi connectivity index (χ4n) is 2.22. The predicted octanol–water partition coefficient (Wildman–Crippen LogP) is 2.63. The first-order valence-electron chi connectivity index (χ1n) is 8.32. The number of guanidine groups is 1. The lowest BCUT2D eigenvalue weighted by molar-refractivity contribution is 0.123. The van der Waals surface area contributed by atoms with Crippen LogP contribution >= 0.6 is 11.6 Å². The summed E-state index contributed by atoms with van der Waals surface area (Å²) in [5, 5.41) is 16.7. The van der Waals surface area contributed by atoms with E-state index in [1.54, 1.807) is 12.3 Å². The summed E-state index contributed by atoms with van der Waals surface area (Å²) < 4.78 is 0. The van der Waals surface area contributed by atoms with Gasteiger partial charge in [0.2, 0.25) is 0 Å². The van der Waals surface area contributed by atoms with Crippen LogP contribution in [0.1, 0.15) is 39.2 Å². The SMILES string of the molecule is CCNC(=NCC(CC)(CC)CO)NCCc1ccc(Cl)nc1. The van der Waals surface area contributed by atoms with Crippen LogP contribution in [0.2, 0.25) is 5.15 Å². The smallest absolute Gasteiger partial charge is 0.191 e. The van der Waals surface area contributed by atoms with Gasteiger partial charge in [0.05, 0.1) is 13.2 Å². The second kappa shape index (κ2) is 10.4. The van der Waals surface area contributed by atoms with Gasteiger partial charge < -0.3 is 15.7 Å². The molecule has 6 heteroatoms. The number of nitrogens with one attached hydrogen (secondary N) is 2. The zero-order valence-electron chi connectivity index (χ0n) is 14.4. The lowest BCUT2D eigenvalue weighted by Crippen LogP contribution is -2.39. The van der Waals surface area contributed by atoms with Crippen LogP contribution in [-0.2, 0) is 6.42 Å². The molecule has 0 spiro atoms. The summed E-state index contributed by atoms with van der Waals surface area (Å²) in [6, 6.07) is 3.78. The van der Waals surface area contributed by atoms with Gasteiger partial charge in [-0.25, -0.2) is 4.98 Å². The molecule has 0 fully saturated rings. The highest BCUT2D eigenvalue weighted by atomic mass is 35.5. The van der Waals surface area contributed by atoms with E-state index in [2.05, 4.69) is 34.5 Å². The third-order valence-corrected chi connectivity index (χ3v) is 4.47. The maximum atomic E-state index is 9.64. The molecule has 5 nitrogen and oxygen atoms in total. The third-order valence-electron chi connectivity index (χ3n) is 4.25. The van der Waals surface area contributed by atoms with Crippen molar-refractivity contribution in [2.75, 3.05) is 26.2 Å². The zero-order chi connectivity index (χ0) is 17.1. The monoisotopic (exact) mass is 340 g/mol. The molecule has 0 aliphatic heterocycles. The molecule has 0 atom stereocenters. The van der Waals surface area contributed by atoms with Gasteiger partial charge in [-0.2, -0.15) is 0 Å². The summed E-state index contributed by atoms with van der Waals surface area (Å²) in [7, 11) is 0. The normalized spacial score (nSPS) is 12.3. The van der Waals surface area contributed by atoms with Gasteiger partial charge in [0.25, 0.3) is 0 Å². The minimum Gasteiger partial charge on any atom is -0.396 e. The first-order chi connectivity index (χ1) is 11.1. The average Bonchev–Trinajstić information content (AvgIpc) is 2.58. The van der Waals surface area contributed by atoms with Gasteiger partial charge in [0.1, 0.15) is 5.15 Å². The lowest BCUT2D eigenvalue weighted by Gasteiger charge is -2.27. The summed E-state index contributed by atoms with van der Waals surface area (Å²) in [5.41, 5.74) is 1.01. The zero-order valence-corrected chi connectivity index (χ0v) is 15.2. The van der Waals surface area contributed by atoms with Crippen molar-refractivity contribution in [2.24, 2.45) is 10.4 Å². The van der Waals surface area contributed by atoms with E-state index in [1.807, 2.05) is 13.0 Å². The number of rotatable bonds is 9. The number of halogens is 1. The van der Waals surface area contributed by atoms with Crippen molar-refractivity contribution in [1.29, 1.82) is 0 Å². The van der Waals surface area contributed by atoms with Crippen LogP contribution in [0.4, 0.5) is 0 Å².